The molecule has 0 aliphatic carbocycles. The number of carbonyl (C=O) groups is 1. The fourth-order valence-electron chi connectivity index (χ4n) is 1.47. The second kappa shape index (κ2) is 4.69. The van der Waals surface area contributed by atoms with Crippen molar-refractivity contribution in [2.24, 2.45) is 0 Å². The number of hydrogen-bond donors (Lipinski definition) is 1. The van der Waals surface area contributed by atoms with Crippen LogP contribution in [0.25, 0.3) is 11.3 Å². The van der Waals surface area contributed by atoms with Crippen LogP contribution in [0.2, 0.25) is 0 Å². The highest BCUT2D eigenvalue weighted by Crippen LogP contribution is 2.18. The Hall–Kier alpha value is -2.30. The molecule has 0 radical (unpaired) electrons. The molecule has 0 saturated heterocycles. The molecule has 2 heterocycles. The van der Waals surface area contributed by atoms with Crippen molar-refractivity contribution in [1.29, 1.82) is 0 Å². The second-order valence-electron chi connectivity index (χ2n) is 3.61. The summed E-state index contributed by atoms with van der Waals surface area (Å²) in [6.07, 6.45) is 3.42. The molecule has 2 rings (SSSR count). The lowest BCUT2D eigenvalue weighted by atomic mass is 10.2. The van der Waals surface area contributed by atoms with E-state index in [-0.39, 0.29) is 5.91 Å². The van der Waals surface area contributed by atoms with Crippen LogP contribution in [0.15, 0.2) is 30.6 Å². The van der Waals surface area contributed by atoms with Gasteiger partial charge in [0.15, 0.2) is 0 Å². The summed E-state index contributed by atoms with van der Waals surface area (Å²) < 4.78 is 0. The largest absolute Gasteiger partial charge is 0.311 e. The maximum absolute atomic E-state index is 11.0. The molecule has 0 fully saturated rings. The van der Waals surface area contributed by atoms with Crippen molar-refractivity contribution in [2.45, 2.75) is 13.8 Å². The molecule has 0 aliphatic rings. The number of carbonyl (C=O) groups excluding carboxylic acids is 1. The third kappa shape index (κ3) is 2.84. The number of rotatable bonds is 2. The zero-order chi connectivity index (χ0) is 12.3. The fourth-order valence-corrected chi connectivity index (χ4v) is 1.47. The predicted molar refractivity (Wildman–Crippen MR) is 64.3 cm³/mol. The molecule has 2 aromatic heterocycles. The van der Waals surface area contributed by atoms with Crippen LogP contribution in [0.3, 0.4) is 0 Å². The molecule has 2 aromatic rings. The normalized spacial score (nSPS) is 10.0. The van der Waals surface area contributed by atoms with E-state index < -0.39 is 0 Å². The zero-order valence-corrected chi connectivity index (χ0v) is 9.64. The molecule has 0 unspecified atom stereocenters. The number of aromatic nitrogens is 3. The van der Waals surface area contributed by atoms with Crippen molar-refractivity contribution in [3.63, 3.8) is 0 Å². The summed E-state index contributed by atoms with van der Waals surface area (Å²) in [6.45, 7) is 3.23. The molecular weight excluding hydrogens is 216 g/mol. The lowest BCUT2D eigenvalue weighted by Gasteiger charge is -2.05. The van der Waals surface area contributed by atoms with Crippen molar-refractivity contribution >= 4 is 11.7 Å². The van der Waals surface area contributed by atoms with Gasteiger partial charge in [-0.15, -0.1) is 0 Å². The van der Waals surface area contributed by atoms with Crippen LogP contribution in [0, 0.1) is 6.92 Å². The van der Waals surface area contributed by atoms with Crippen molar-refractivity contribution in [3.8, 4) is 11.3 Å². The molecule has 5 nitrogen and oxygen atoms in total. The number of aryl methyl sites for hydroxylation is 1. The first-order valence-corrected chi connectivity index (χ1v) is 5.19. The molecule has 0 bridgehead atoms. The zero-order valence-electron chi connectivity index (χ0n) is 9.64. The van der Waals surface area contributed by atoms with Crippen molar-refractivity contribution in [2.75, 3.05) is 5.32 Å². The first-order valence-electron chi connectivity index (χ1n) is 5.19. The third-order valence-electron chi connectivity index (χ3n) is 2.10. The molecule has 0 atom stereocenters. The van der Waals surface area contributed by atoms with Gasteiger partial charge in [0.25, 0.3) is 0 Å². The van der Waals surface area contributed by atoms with Gasteiger partial charge in [-0.3, -0.25) is 9.78 Å². The molecule has 86 valence electrons. The van der Waals surface area contributed by atoms with E-state index in [2.05, 4.69) is 20.3 Å². The van der Waals surface area contributed by atoms with Crippen molar-refractivity contribution in [3.05, 3.63) is 36.4 Å². The van der Waals surface area contributed by atoms with Crippen LogP contribution in [-0.2, 0) is 4.79 Å². The minimum absolute atomic E-state index is 0.153. The smallest absolute Gasteiger partial charge is 0.222 e. The Morgan fingerprint density at radius 3 is 2.82 bits per heavy atom. The Morgan fingerprint density at radius 1 is 1.35 bits per heavy atom. The molecular formula is C12H12N4O. The quantitative estimate of drug-likeness (QED) is 0.851. The van der Waals surface area contributed by atoms with E-state index >= 15 is 0 Å². The maximum atomic E-state index is 11.0. The maximum Gasteiger partial charge on any atom is 0.222 e. The van der Waals surface area contributed by atoms with Gasteiger partial charge in [-0.25, -0.2) is 9.97 Å². The van der Waals surface area contributed by atoms with Gasteiger partial charge in [0, 0.05) is 30.9 Å². The van der Waals surface area contributed by atoms with Gasteiger partial charge < -0.3 is 5.32 Å². The summed E-state index contributed by atoms with van der Waals surface area (Å²) in [7, 11) is 0. The van der Waals surface area contributed by atoms with E-state index in [1.54, 1.807) is 25.4 Å². The molecule has 1 amide bonds. The Balaban J connectivity index is 2.42. The van der Waals surface area contributed by atoms with Gasteiger partial charge in [-0.2, -0.15) is 0 Å². The molecule has 0 saturated carbocycles. The van der Waals surface area contributed by atoms with E-state index in [1.165, 1.54) is 6.92 Å². The first-order chi connectivity index (χ1) is 8.15. The topological polar surface area (TPSA) is 67.8 Å². The lowest BCUT2D eigenvalue weighted by molar-refractivity contribution is -0.114. The Bertz CT molecular complexity index is 539. The summed E-state index contributed by atoms with van der Waals surface area (Å²) in [5.74, 6) is 0.958. The van der Waals surface area contributed by atoms with Crippen LogP contribution in [0.4, 0.5) is 5.82 Å². The van der Waals surface area contributed by atoms with Crippen molar-refractivity contribution in [1.82, 2.24) is 15.0 Å². The molecule has 0 aromatic carbocycles. The van der Waals surface area contributed by atoms with Gasteiger partial charge in [0.05, 0.1) is 5.69 Å². The molecule has 0 spiro atoms. The Labute approximate surface area is 99.0 Å². The van der Waals surface area contributed by atoms with E-state index in [4.69, 9.17) is 0 Å². The van der Waals surface area contributed by atoms with Crippen LogP contribution in [0.1, 0.15) is 12.7 Å². The van der Waals surface area contributed by atoms with E-state index in [0.717, 1.165) is 11.3 Å². The minimum atomic E-state index is -0.153. The monoisotopic (exact) mass is 228 g/mol. The number of hydrogen-bond acceptors (Lipinski definition) is 4. The summed E-state index contributed by atoms with van der Waals surface area (Å²) in [5, 5.41) is 2.65. The number of nitrogens with one attached hydrogen (secondary N) is 1. The van der Waals surface area contributed by atoms with Crippen LogP contribution in [0.5, 0.6) is 0 Å². The van der Waals surface area contributed by atoms with Gasteiger partial charge in [-0.05, 0) is 19.1 Å². The number of anilines is 1. The highest BCUT2D eigenvalue weighted by Gasteiger charge is 2.05. The molecule has 5 heteroatoms. The van der Waals surface area contributed by atoms with Gasteiger partial charge in [0.2, 0.25) is 5.91 Å². The molecule has 17 heavy (non-hydrogen) atoms. The lowest BCUT2D eigenvalue weighted by Crippen LogP contribution is -2.08. The average molecular weight is 228 g/mol. The summed E-state index contributed by atoms with van der Waals surface area (Å²) in [4.78, 5) is 23.5. The van der Waals surface area contributed by atoms with Crippen LogP contribution >= 0.6 is 0 Å². The summed E-state index contributed by atoms with van der Waals surface area (Å²) >= 11 is 0. The third-order valence-corrected chi connectivity index (χ3v) is 2.10. The van der Waals surface area contributed by atoms with Gasteiger partial charge in [-0.1, -0.05) is 0 Å². The highest BCUT2D eigenvalue weighted by molar-refractivity contribution is 5.88. The average Bonchev–Trinajstić information content (AvgIpc) is 2.28. The number of nitrogens with zero attached hydrogens (tertiary/aromatic N) is 3. The SMILES string of the molecule is CC(=O)Nc1cc(-c2cccnc2)nc(C)n1. The number of amides is 1. The summed E-state index contributed by atoms with van der Waals surface area (Å²) in [5.41, 5.74) is 1.64. The Kier molecular flexibility index (Phi) is 3.09. The van der Waals surface area contributed by atoms with E-state index in [0.29, 0.717) is 11.6 Å². The molecule has 1 N–H and O–H groups in total. The van der Waals surface area contributed by atoms with Gasteiger partial charge >= 0.3 is 0 Å². The van der Waals surface area contributed by atoms with Crippen LogP contribution in [-0.4, -0.2) is 20.9 Å². The number of pyridine rings is 1. The van der Waals surface area contributed by atoms with Gasteiger partial charge in [0.1, 0.15) is 11.6 Å². The first kappa shape index (κ1) is 11.2. The second-order valence-corrected chi connectivity index (χ2v) is 3.61. The van der Waals surface area contributed by atoms with E-state index in [1.807, 2.05) is 12.1 Å². The summed E-state index contributed by atoms with van der Waals surface area (Å²) in [6, 6.07) is 5.47. The predicted octanol–water partition coefficient (Wildman–Crippen LogP) is 1.81. The van der Waals surface area contributed by atoms with Crippen molar-refractivity contribution < 1.29 is 4.79 Å². The highest BCUT2D eigenvalue weighted by atomic mass is 16.1. The van der Waals surface area contributed by atoms with Crippen LogP contribution < -0.4 is 5.32 Å². The molecule has 0 aliphatic heterocycles. The Morgan fingerprint density at radius 2 is 2.18 bits per heavy atom. The minimum Gasteiger partial charge on any atom is -0.311 e. The standard InChI is InChI=1S/C12H12N4O/c1-8-14-11(10-4-3-5-13-7-10)6-12(15-8)16-9(2)17/h3-7H,1-2H3,(H,14,15,16,17). The van der Waals surface area contributed by atoms with E-state index in [9.17, 15) is 4.79 Å². The fraction of sp³-hybridized carbons (Fsp3) is 0.167.